The SMILES string of the molecule is CC/C=C\C/C=C\C/C=C\C/C=C\C/C=C\CCCCCC(=O)OC[C@H](COP(=O)(O)OCC[N+](C)(C)C)OC(=O)CCC/C=C\C/C=C\C/C=C\C=C\C(=O)CCCCC. The highest BCUT2D eigenvalue weighted by atomic mass is 31.2. The Kier molecular flexibility index (Phi) is 38.0. The van der Waals surface area contributed by atoms with Crippen LogP contribution in [0.5, 0.6) is 0 Å². The smallest absolute Gasteiger partial charge is 0.462 e. The second kappa shape index (κ2) is 40.4. The minimum atomic E-state index is -4.42. The van der Waals surface area contributed by atoms with E-state index in [1.165, 1.54) is 0 Å². The molecule has 0 aliphatic rings. The molecule has 0 aromatic heterocycles. The number of carbonyl (C=O) groups is 3. The second-order valence-corrected chi connectivity index (χ2v) is 17.2. The zero-order valence-corrected chi connectivity index (χ0v) is 39.2. The number of phosphoric ester groups is 1. The predicted molar refractivity (Wildman–Crippen MR) is 252 cm³/mol. The van der Waals surface area contributed by atoms with Crippen molar-refractivity contribution in [2.75, 3.05) is 47.5 Å². The topological polar surface area (TPSA) is 125 Å². The van der Waals surface area contributed by atoms with Crippen LogP contribution in [-0.2, 0) is 37.5 Å². The second-order valence-electron chi connectivity index (χ2n) is 15.7. The first-order chi connectivity index (χ1) is 29.4. The van der Waals surface area contributed by atoms with E-state index in [9.17, 15) is 23.8 Å². The van der Waals surface area contributed by atoms with E-state index in [1.807, 2.05) is 45.4 Å². The van der Waals surface area contributed by atoms with Crippen LogP contribution in [0.3, 0.4) is 0 Å². The maximum Gasteiger partial charge on any atom is 0.472 e. The van der Waals surface area contributed by atoms with Crippen LogP contribution in [0, 0.1) is 0 Å². The number of nitrogens with zero attached hydrogens (tertiary/aromatic N) is 1. The summed E-state index contributed by atoms with van der Waals surface area (Å²) in [4.78, 5) is 47.1. The molecule has 1 unspecified atom stereocenters. The van der Waals surface area contributed by atoms with Crippen LogP contribution in [-0.4, -0.2) is 80.7 Å². The van der Waals surface area contributed by atoms with Crippen molar-refractivity contribution in [2.45, 2.75) is 142 Å². The van der Waals surface area contributed by atoms with Crippen LogP contribution in [0.25, 0.3) is 0 Å². The van der Waals surface area contributed by atoms with Gasteiger partial charge in [0.1, 0.15) is 19.8 Å². The van der Waals surface area contributed by atoms with Crippen molar-refractivity contribution in [3.63, 3.8) is 0 Å². The van der Waals surface area contributed by atoms with Crippen molar-refractivity contribution in [1.29, 1.82) is 0 Å². The van der Waals surface area contributed by atoms with Gasteiger partial charge in [-0.3, -0.25) is 23.4 Å². The number of allylic oxidation sites excluding steroid dienone is 18. The summed E-state index contributed by atoms with van der Waals surface area (Å²) in [6.45, 7) is 3.99. The largest absolute Gasteiger partial charge is 0.472 e. The lowest BCUT2D eigenvalue weighted by Crippen LogP contribution is -2.37. The molecule has 0 aliphatic carbocycles. The summed E-state index contributed by atoms with van der Waals surface area (Å²) in [5.41, 5.74) is 0. The van der Waals surface area contributed by atoms with E-state index < -0.39 is 32.5 Å². The fourth-order valence-corrected chi connectivity index (χ4v) is 5.96. The van der Waals surface area contributed by atoms with Crippen LogP contribution in [0.4, 0.5) is 0 Å². The Morgan fingerprint density at radius 3 is 1.67 bits per heavy atom. The maximum absolute atomic E-state index is 12.7. The Labute approximate surface area is 370 Å². The predicted octanol–water partition coefficient (Wildman–Crippen LogP) is 12.3. The lowest BCUT2D eigenvalue weighted by molar-refractivity contribution is -0.870. The van der Waals surface area contributed by atoms with Crippen molar-refractivity contribution in [1.82, 2.24) is 0 Å². The van der Waals surface area contributed by atoms with Gasteiger partial charge in [0.05, 0.1) is 27.7 Å². The molecule has 0 fully saturated rings. The van der Waals surface area contributed by atoms with E-state index >= 15 is 0 Å². The molecule has 0 heterocycles. The normalized spacial score (nSPS) is 14.5. The number of esters is 2. The number of hydrogen-bond donors (Lipinski definition) is 1. The molecule has 0 rings (SSSR count). The van der Waals surface area contributed by atoms with Crippen LogP contribution in [0.1, 0.15) is 136 Å². The molecule has 0 radical (unpaired) electrons. The molecular formula is C50H81NO9P+. The van der Waals surface area contributed by atoms with Gasteiger partial charge in [0.15, 0.2) is 11.9 Å². The van der Waals surface area contributed by atoms with Crippen LogP contribution in [0.2, 0.25) is 0 Å². The van der Waals surface area contributed by atoms with Crippen molar-refractivity contribution in [3.8, 4) is 0 Å². The summed E-state index contributed by atoms with van der Waals surface area (Å²) in [5, 5.41) is 0. The Morgan fingerprint density at radius 2 is 1.10 bits per heavy atom. The van der Waals surface area contributed by atoms with Crippen molar-refractivity contribution in [2.24, 2.45) is 0 Å². The van der Waals surface area contributed by atoms with E-state index in [1.54, 1.807) is 12.2 Å². The van der Waals surface area contributed by atoms with Gasteiger partial charge in [0, 0.05) is 19.3 Å². The number of likely N-dealkylation sites (N-methyl/N-ethyl adjacent to an activating group) is 1. The number of unbranched alkanes of at least 4 members (excludes halogenated alkanes) is 6. The van der Waals surface area contributed by atoms with E-state index in [2.05, 4.69) is 86.8 Å². The number of ether oxygens (including phenoxy) is 2. The van der Waals surface area contributed by atoms with E-state index in [4.69, 9.17) is 18.5 Å². The molecule has 0 aromatic carbocycles. The lowest BCUT2D eigenvalue weighted by atomic mass is 10.1. The first-order valence-electron chi connectivity index (χ1n) is 22.6. The first kappa shape index (κ1) is 57.3. The molecule has 2 atom stereocenters. The monoisotopic (exact) mass is 871 g/mol. The molecule has 0 saturated carbocycles. The number of carbonyl (C=O) groups excluding carboxylic acids is 3. The zero-order chi connectivity index (χ0) is 45.1. The van der Waals surface area contributed by atoms with Gasteiger partial charge in [-0.05, 0) is 89.5 Å². The molecule has 0 bridgehead atoms. The van der Waals surface area contributed by atoms with Crippen LogP contribution in [0.15, 0.2) is 109 Å². The average Bonchev–Trinajstić information content (AvgIpc) is 3.21. The fraction of sp³-hybridized carbons (Fsp3) is 0.580. The Hall–Kier alpha value is -3.66. The maximum atomic E-state index is 12.7. The highest BCUT2D eigenvalue weighted by molar-refractivity contribution is 7.47. The van der Waals surface area contributed by atoms with Gasteiger partial charge >= 0.3 is 19.8 Å². The standard InChI is InChI=1S/C50H80NO9P/c1-6-8-10-11-12-13-14-15-16-17-18-19-20-21-24-27-30-33-37-41-49(53)57-45-48(46-59-61(55,56)58-44-43-51(3,4)5)60-50(54)42-38-34-31-28-25-22-23-26-29-32-36-40-47(52)39-35-9-7-2/h8,10,12-13,15-16,18-19,21-24,28-29,31-32,36,40,48H,6-7,9,11,14,17,20,25-27,30,33-35,37-39,41-46H2,1-5H3/p+1/b10-8-,13-12-,16-15-,19-18-,23-22-,24-21-,31-28-,32-29-,40-36+/t48-/m1/s1. The van der Waals surface area contributed by atoms with Crippen molar-refractivity contribution in [3.05, 3.63) is 109 Å². The summed E-state index contributed by atoms with van der Waals surface area (Å²) in [7, 11) is 1.36. The van der Waals surface area contributed by atoms with Gasteiger partial charge in [-0.1, -0.05) is 136 Å². The number of hydrogen-bond acceptors (Lipinski definition) is 8. The quantitative estimate of drug-likeness (QED) is 0.0122. The molecule has 0 spiro atoms. The summed E-state index contributed by atoms with van der Waals surface area (Å²) < 4.78 is 34.2. The number of rotatable bonds is 39. The summed E-state index contributed by atoms with van der Waals surface area (Å²) in [6.07, 6.45) is 51.3. The highest BCUT2D eigenvalue weighted by Crippen LogP contribution is 2.43. The molecule has 0 saturated heterocycles. The van der Waals surface area contributed by atoms with Gasteiger partial charge in [-0.15, -0.1) is 0 Å². The Balaban J connectivity index is 4.57. The van der Waals surface area contributed by atoms with Gasteiger partial charge in [0.2, 0.25) is 0 Å². The molecule has 0 aromatic rings. The minimum Gasteiger partial charge on any atom is -0.462 e. The molecular weight excluding hydrogens is 790 g/mol. The number of quaternary nitrogens is 1. The van der Waals surface area contributed by atoms with Gasteiger partial charge in [-0.25, -0.2) is 4.57 Å². The minimum absolute atomic E-state index is 0.00175. The first-order valence-corrected chi connectivity index (χ1v) is 24.1. The molecule has 11 heteroatoms. The van der Waals surface area contributed by atoms with Gasteiger partial charge < -0.3 is 18.9 Å². The van der Waals surface area contributed by atoms with Crippen molar-refractivity contribution >= 4 is 25.5 Å². The molecule has 10 nitrogen and oxygen atoms in total. The summed E-state index contributed by atoms with van der Waals surface area (Å²) in [6, 6.07) is 0. The Bertz CT molecular complexity index is 1460. The third kappa shape index (κ3) is 44.2. The summed E-state index contributed by atoms with van der Waals surface area (Å²) >= 11 is 0. The van der Waals surface area contributed by atoms with Crippen molar-refractivity contribution < 1.29 is 46.8 Å². The molecule has 344 valence electrons. The Morgan fingerprint density at radius 1 is 0.574 bits per heavy atom. The molecule has 0 aliphatic heterocycles. The van der Waals surface area contributed by atoms with Gasteiger partial charge in [-0.2, -0.15) is 0 Å². The lowest BCUT2D eigenvalue weighted by Gasteiger charge is -2.24. The van der Waals surface area contributed by atoms with Gasteiger partial charge in [0.25, 0.3) is 0 Å². The third-order valence-electron chi connectivity index (χ3n) is 8.76. The van der Waals surface area contributed by atoms with E-state index in [0.717, 1.165) is 83.5 Å². The van der Waals surface area contributed by atoms with Crippen LogP contribution >= 0.6 is 7.82 Å². The number of ketones is 1. The molecule has 1 N–H and O–H groups in total. The molecule has 0 amide bonds. The fourth-order valence-electron chi connectivity index (χ4n) is 5.22. The molecule has 61 heavy (non-hydrogen) atoms. The average molecular weight is 871 g/mol. The highest BCUT2D eigenvalue weighted by Gasteiger charge is 2.27. The zero-order valence-electron chi connectivity index (χ0n) is 38.3. The van der Waals surface area contributed by atoms with Crippen LogP contribution < -0.4 is 0 Å². The third-order valence-corrected chi connectivity index (χ3v) is 9.75. The van der Waals surface area contributed by atoms with E-state index in [0.29, 0.717) is 36.7 Å². The summed E-state index contributed by atoms with van der Waals surface area (Å²) in [5.74, 6) is -0.785. The van der Waals surface area contributed by atoms with E-state index in [-0.39, 0.29) is 31.8 Å². The number of phosphoric acid groups is 1.